The van der Waals surface area contributed by atoms with Crippen molar-refractivity contribution in [1.29, 1.82) is 0 Å². The summed E-state index contributed by atoms with van der Waals surface area (Å²) in [5.41, 5.74) is 1.06. The Balaban J connectivity index is 1.76. The molecule has 1 atom stereocenters. The standard InChI is InChI=1S/C13H18BrFN2O/c1-17-4-5-18-11(9-17)8-16-7-10-2-3-13(15)12(14)6-10/h2-3,6,11,16H,4-5,7-9H2,1H3. The highest BCUT2D eigenvalue weighted by Crippen LogP contribution is 2.16. The van der Waals surface area contributed by atoms with Gasteiger partial charge in [0.25, 0.3) is 0 Å². The van der Waals surface area contributed by atoms with Crippen molar-refractivity contribution in [2.24, 2.45) is 0 Å². The zero-order valence-corrected chi connectivity index (χ0v) is 12.0. The fraction of sp³-hybridized carbons (Fsp3) is 0.538. The van der Waals surface area contributed by atoms with E-state index >= 15 is 0 Å². The Morgan fingerprint density at radius 2 is 2.39 bits per heavy atom. The van der Waals surface area contributed by atoms with Crippen LogP contribution in [-0.2, 0) is 11.3 Å². The molecule has 0 aromatic heterocycles. The lowest BCUT2D eigenvalue weighted by molar-refractivity contribution is -0.0182. The number of rotatable bonds is 4. The maximum Gasteiger partial charge on any atom is 0.137 e. The zero-order valence-electron chi connectivity index (χ0n) is 10.5. The molecule has 0 bridgehead atoms. The molecular weight excluding hydrogens is 299 g/mol. The average Bonchev–Trinajstić information content (AvgIpc) is 2.34. The van der Waals surface area contributed by atoms with Gasteiger partial charge in [0.1, 0.15) is 5.82 Å². The minimum absolute atomic E-state index is 0.226. The van der Waals surface area contributed by atoms with Crippen LogP contribution in [0.15, 0.2) is 22.7 Å². The van der Waals surface area contributed by atoms with Crippen LogP contribution in [0, 0.1) is 5.82 Å². The largest absolute Gasteiger partial charge is 0.374 e. The molecule has 1 unspecified atom stereocenters. The van der Waals surface area contributed by atoms with Crippen molar-refractivity contribution in [3.8, 4) is 0 Å². The molecule has 1 fully saturated rings. The second-order valence-corrected chi connectivity index (χ2v) is 5.49. The average molecular weight is 317 g/mol. The first-order valence-corrected chi connectivity index (χ1v) is 6.89. The van der Waals surface area contributed by atoms with Gasteiger partial charge >= 0.3 is 0 Å². The molecular formula is C13H18BrFN2O. The Kier molecular flexibility index (Phi) is 5.12. The molecule has 1 saturated heterocycles. The second kappa shape index (κ2) is 6.61. The summed E-state index contributed by atoms with van der Waals surface area (Å²) in [6, 6.07) is 5.07. The lowest BCUT2D eigenvalue weighted by Crippen LogP contribution is -2.44. The van der Waals surface area contributed by atoms with Gasteiger partial charge in [0.2, 0.25) is 0 Å². The van der Waals surface area contributed by atoms with E-state index < -0.39 is 0 Å². The fourth-order valence-electron chi connectivity index (χ4n) is 2.02. The van der Waals surface area contributed by atoms with E-state index in [1.54, 1.807) is 12.1 Å². The normalized spacial score (nSPS) is 21.2. The summed E-state index contributed by atoms with van der Waals surface area (Å²) in [5.74, 6) is -0.226. The Morgan fingerprint density at radius 1 is 1.56 bits per heavy atom. The monoisotopic (exact) mass is 316 g/mol. The first-order chi connectivity index (χ1) is 8.65. The molecule has 0 amide bonds. The maximum atomic E-state index is 13.1. The first kappa shape index (κ1) is 13.9. The minimum atomic E-state index is -0.226. The molecule has 0 aliphatic carbocycles. The molecule has 0 radical (unpaired) electrons. The SMILES string of the molecule is CN1CCOC(CNCc2ccc(F)c(Br)c2)C1. The molecule has 1 N–H and O–H groups in total. The topological polar surface area (TPSA) is 24.5 Å². The van der Waals surface area contributed by atoms with Crippen molar-refractivity contribution >= 4 is 15.9 Å². The molecule has 100 valence electrons. The first-order valence-electron chi connectivity index (χ1n) is 6.10. The van der Waals surface area contributed by atoms with Crippen LogP contribution in [0.5, 0.6) is 0 Å². The third-order valence-corrected chi connectivity index (χ3v) is 3.63. The lowest BCUT2D eigenvalue weighted by Gasteiger charge is -2.30. The van der Waals surface area contributed by atoms with Crippen LogP contribution in [0.1, 0.15) is 5.56 Å². The number of benzene rings is 1. The summed E-state index contributed by atoms with van der Waals surface area (Å²) >= 11 is 3.19. The van der Waals surface area contributed by atoms with Gasteiger partial charge in [-0.2, -0.15) is 0 Å². The van der Waals surface area contributed by atoms with Gasteiger partial charge < -0.3 is 15.0 Å². The van der Waals surface area contributed by atoms with Crippen molar-refractivity contribution < 1.29 is 9.13 Å². The molecule has 0 saturated carbocycles. The number of likely N-dealkylation sites (N-methyl/N-ethyl adjacent to an activating group) is 1. The molecule has 1 aromatic rings. The van der Waals surface area contributed by atoms with E-state index in [1.165, 1.54) is 6.07 Å². The van der Waals surface area contributed by atoms with Crippen LogP contribution in [0.4, 0.5) is 4.39 Å². The summed E-state index contributed by atoms with van der Waals surface area (Å²) in [4.78, 5) is 2.27. The Bertz CT molecular complexity index is 403. The van der Waals surface area contributed by atoms with Crippen molar-refractivity contribution in [1.82, 2.24) is 10.2 Å². The van der Waals surface area contributed by atoms with Crippen molar-refractivity contribution in [2.45, 2.75) is 12.6 Å². The summed E-state index contributed by atoms with van der Waals surface area (Å²) in [5, 5.41) is 3.34. The number of nitrogens with one attached hydrogen (secondary N) is 1. The number of morpholine rings is 1. The van der Waals surface area contributed by atoms with Crippen LogP contribution >= 0.6 is 15.9 Å². The quantitative estimate of drug-likeness (QED) is 0.919. The van der Waals surface area contributed by atoms with E-state index in [4.69, 9.17) is 4.74 Å². The lowest BCUT2D eigenvalue weighted by atomic mass is 10.2. The smallest absolute Gasteiger partial charge is 0.137 e. The van der Waals surface area contributed by atoms with E-state index in [-0.39, 0.29) is 11.9 Å². The Morgan fingerprint density at radius 3 is 3.11 bits per heavy atom. The highest BCUT2D eigenvalue weighted by atomic mass is 79.9. The van der Waals surface area contributed by atoms with E-state index in [0.29, 0.717) is 4.47 Å². The van der Waals surface area contributed by atoms with Gasteiger partial charge in [-0.3, -0.25) is 0 Å². The number of halogens is 2. The van der Waals surface area contributed by atoms with Gasteiger partial charge in [-0.05, 0) is 40.7 Å². The highest BCUT2D eigenvalue weighted by molar-refractivity contribution is 9.10. The summed E-state index contributed by atoms with van der Waals surface area (Å²) in [7, 11) is 2.10. The van der Waals surface area contributed by atoms with Gasteiger partial charge in [0.05, 0.1) is 17.2 Å². The second-order valence-electron chi connectivity index (χ2n) is 4.63. The van der Waals surface area contributed by atoms with E-state index in [1.807, 2.05) is 0 Å². The van der Waals surface area contributed by atoms with Gasteiger partial charge in [0.15, 0.2) is 0 Å². The van der Waals surface area contributed by atoms with Crippen LogP contribution < -0.4 is 5.32 Å². The third kappa shape index (κ3) is 4.02. The molecule has 1 aliphatic heterocycles. The van der Waals surface area contributed by atoms with Gasteiger partial charge in [-0.25, -0.2) is 4.39 Å². The van der Waals surface area contributed by atoms with Crippen LogP contribution in [0.2, 0.25) is 0 Å². The zero-order chi connectivity index (χ0) is 13.0. The molecule has 1 aliphatic rings. The number of hydrogen-bond acceptors (Lipinski definition) is 3. The van der Waals surface area contributed by atoms with Crippen LogP contribution in [-0.4, -0.2) is 44.3 Å². The number of ether oxygens (including phenoxy) is 1. The molecule has 18 heavy (non-hydrogen) atoms. The van der Waals surface area contributed by atoms with Gasteiger partial charge in [-0.1, -0.05) is 6.07 Å². The molecule has 5 heteroatoms. The van der Waals surface area contributed by atoms with E-state index in [9.17, 15) is 4.39 Å². The molecule has 1 heterocycles. The van der Waals surface area contributed by atoms with Crippen molar-refractivity contribution in [3.05, 3.63) is 34.1 Å². The van der Waals surface area contributed by atoms with Gasteiger partial charge in [-0.15, -0.1) is 0 Å². The van der Waals surface area contributed by atoms with Gasteiger partial charge in [0, 0.05) is 26.2 Å². The van der Waals surface area contributed by atoms with Crippen LogP contribution in [0.25, 0.3) is 0 Å². The maximum absolute atomic E-state index is 13.1. The number of hydrogen-bond donors (Lipinski definition) is 1. The molecule has 2 rings (SSSR count). The van der Waals surface area contributed by atoms with Crippen molar-refractivity contribution in [3.63, 3.8) is 0 Å². The summed E-state index contributed by atoms with van der Waals surface area (Å²) in [6.45, 7) is 4.30. The summed E-state index contributed by atoms with van der Waals surface area (Å²) in [6.07, 6.45) is 0.243. The Labute approximate surface area is 115 Å². The third-order valence-electron chi connectivity index (χ3n) is 3.03. The predicted molar refractivity (Wildman–Crippen MR) is 73.0 cm³/mol. The van der Waals surface area contributed by atoms with Crippen molar-refractivity contribution in [2.75, 3.05) is 33.3 Å². The fourth-order valence-corrected chi connectivity index (χ4v) is 2.44. The minimum Gasteiger partial charge on any atom is -0.374 e. The molecule has 0 spiro atoms. The van der Waals surface area contributed by atoms with E-state index in [2.05, 4.69) is 33.2 Å². The molecule has 1 aromatic carbocycles. The Hall–Kier alpha value is -0.490. The molecule has 3 nitrogen and oxygen atoms in total. The predicted octanol–water partition coefficient (Wildman–Crippen LogP) is 2.01. The highest BCUT2D eigenvalue weighted by Gasteiger charge is 2.16. The van der Waals surface area contributed by atoms with E-state index in [0.717, 1.165) is 38.3 Å². The van der Waals surface area contributed by atoms with Crippen LogP contribution in [0.3, 0.4) is 0 Å². The number of nitrogens with zero attached hydrogens (tertiary/aromatic N) is 1. The summed E-state index contributed by atoms with van der Waals surface area (Å²) < 4.78 is 19.2.